The van der Waals surface area contributed by atoms with E-state index >= 15 is 0 Å². The first kappa shape index (κ1) is 12.6. The second-order valence-corrected chi connectivity index (χ2v) is 3.43. The SMILES string of the molecule is CCC(CN)Oc1cc(OC)cc(OC)c1. The van der Waals surface area contributed by atoms with Crippen molar-refractivity contribution in [2.45, 2.75) is 19.4 Å². The maximum atomic E-state index is 5.71. The Balaban J connectivity index is 2.85. The third-order valence-corrected chi connectivity index (χ3v) is 2.35. The highest BCUT2D eigenvalue weighted by Gasteiger charge is 2.08. The van der Waals surface area contributed by atoms with Crippen LogP contribution >= 0.6 is 0 Å². The van der Waals surface area contributed by atoms with Gasteiger partial charge in [-0.05, 0) is 6.42 Å². The number of methoxy groups -OCH3 is 2. The molecular weight excluding hydrogens is 206 g/mol. The van der Waals surface area contributed by atoms with Crippen LogP contribution in [0.2, 0.25) is 0 Å². The first-order chi connectivity index (χ1) is 7.73. The Hall–Kier alpha value is -1.42. The largest absolute Gasteiger partial charge is 0.496 e. The van der Waals surface area contributed by atoms with E-state index in [-0.39, 0.29) is 6.10 Å². The van der Waals surface area contributed by atoms with Gasteiger partial charge in [0.25, 0.3) is 0 Å². The molecule has 2 N–H and O–H groups in total. The highest BCUT2D eigenvalue weighted by atomic mass is 16.5. The van der Waals surface area contributed by atoms with Crippen molar-refractivity contribution in [1.29, 1.82) is 0 Å². The molecule has 0 radical (unpaired) electrons. The molecule has 0 aliphatic carbocycles. The van der Waals surface area contributed by atoms with Crippen molar-refractivity contribution in [1.82, 2.24) is 0 Å². The molecule has 1 aromatic carbocycles. The smallest absolute Gasteiger partial charge is 0.127 e. The molecule has 0 bridgehead atoms. The number of rotatable bonds is 6. The molecule has 0 saturated carbocycles. The minimum Gasteiger partial charge on any atom is -0.496 e. The molecule has 0 aliphatic heterocycles. The van der Waals surface area contributed by atoms with E-state index in [4.69, 9.17) is 19.9 Å². The van der Waals surface area contributed by atoms with E-state index in [2.05, 4.69) is 0 Å². The summed E-state index contributed by atoms with van der Waals surface area (Å²) < 4.78 is 16.0. The molecule has 4 heteroatoms. The second kappa shape index (κ2) is 6.23. The zero-order valence-corrected chi connectivity index (χ0v) is 10.0. The summed E-state index contributed by atoms with van der Waals surface area (Å²) >= 11 is 0. The minimum absolute atomic E-state index is 0.0248. The predicted molar refractivity (Wildman–Crippen MR) is 63.3 cm³/mol. The van der Waals surface area contributed by atoms with E-state index in [1.54, 1.807) is 20.3 Å². The molecule has 0 saturated heterocycles. The maximum absolute atomic E-state index is 5.71. The zero-order chi connectivity index (χ0) is 12.0. The van der Waals surface area contributed by atoms with Crippen LogP contribution in [0.15, 0.2) is 18.2 Å². The van der Waals surface area contributed by atoms with Crippen LogP contribution in [0.1, 0.15) is 13.3 Å². The zero-order valence-electron chi connectivity index (χ0n) is 10.0. The van der Waals surface area contributed by atoms with Gasteiger partial charge in [0.05, 0.1) is 14.2 Å². The summed E-state index contributed by atoms with van der Waals surface area (Å²) in [5, 5.41) is 0. The van der Waals surface area contributed by atoms with Crippen LogP contribution in [0, 0.1) is 0 Å². The van der Waals surface area contributed by atoms with Crippen LogP contribution < -0.4 is 19.9 Å². The van der Waals surface area contributed by atoms with E-state index in [1.165, 1.54) is 0 Å². The van der Waals surface area contributed by atoms with Crippen molar-refractivity contribution in [3.8, 4) is 17.2 Å². The molecule has 0 spiro atoms. The van der Waals surface area contributed by atoms with E-state index in [9.17, 15) is 0 Å². The van der Waals surface area contributed by atoms with E-state index in [0.29, 0.717) is 23.8 Å². The summed E-state index contributed by atoms with van der Waals surface area (Å²) in [6.45, 7) is 2.53. The van der Waals surface area contributed by atoms with Gasteiger partial charge in [-0.3, -0.25) is 0 Å². The molecule has 0 fully saturated rings. The van der Waals surface area contributed by atoms with Gasteiger partial charge in [0, 0.05) is 24.7 Å². The van der Waals surface area contributed by atoms with Gasteiger partial charge in [-0.2, -0.15) is 0 Å². The number of ether oxygens (including phenoxy) is 3. The molecule has 1 aromatic rings. The molecule has 1 atom stereocenters. The third-order valence-electron chi connectivity index (χ3n) is 2.35. The van der Waals surface area contributed by atoms with Crippen LogP contribution in [0.3, 0.4) is 0 Å². The van der Waals surface area contributed by atoms with Crippen molar-refractivity contribution in [3.63, 3.8) is 0 Å². The lowest BCUT2D eigenvalue weighted by Crippen LogP contribution is -2.25. The summed E-state index contributed by atoms with van der Waals surface area (Å²) in [5.41, 5.74) is 5.58. The molecule has 0 heterocycles. The lowest BCUT2D eigenvalue weighted by atomic mass is 10.2. The van der Waals surface area contributed by atoms with Gasteiger partial charge in [0.2, 0.25) is 0 Å². The van der Waals surface area contributed by atoms with Gasteiger partial charge in [-0.1, -0.05) is 6.92 Å². The lowest BCUT2D eigenvalue weighted by molar-refractivity contribution is 0.203. The monoisotopic (exact) mass is 225 g/mol. The fourth-order valence-corrected chi connectivity index (χ4v) is 1.34. The van der Waals surface area contributed by atoms with Crippen LogP contribution in [0.5, 0.6) is 17.2 Å². The number of hydrogen-bond acceptors (Lipinski definition) is 4. The van der Waals surface area contributed by atoms with Crippen molar-refractivity contribution >= 4 is 0 Å². The molecule has 1 rings (SSSR count). The predicted octanol–water partition coefficient (Wildman–Crippen LogP) is 1.82. The molecule has 0 aromatic heterocycles. The summed E-state index contributed by atoms with van der Waals surface area (Å²) in [6, 6.07) is 5.44. The fourth-order valence-electron chi connectivity index (χ4n) is 1.34. The highest BCUT2D eigenvalue weighted by Crippen LogP contribution is 2.28. The maximum Gasteiger partial charge on any atom is 0.127 e. The molecule has 0 aliphatic rings. The number of benzene rings is 1. The summed E-state index contributed by atoms with van der Waals surface area (Å²) in [6.07, 6.45) is 0.896. The van der Waals surface area contributed by atoms with Crippen LogP contribution in [-0.2, 0) is 0 Å². The van der Waals surface area contributed by atoms with Crippen molar-refractivity contribution < 1.29 is 14.2 Å². The highest BCUT2D eigenvalue weighted by molar-refractivity contribution is 5.42. The average Bonchev–Trinajstić information content (AvgIpc) is 2.35. The van der Waals surface area contributed by atoms with Crippen LogP contribution in [-0.4, -0.2) is 26.9 Å². The summed E-state index contributed by atoms with van der Waals surface area (Å²) in [7, 11) is 3.22. The molecule has 1 unspecified atom stereocenters. The molecule has 0 amide bonds. The van der Waals surface area contributed by atoms with Gasteiger partial charge in [-0.25, -0.2) is 0 Å². The first-order valence-electron chi connectivity index (χ1n) is 5.33. The van der Waals surface area contributed by atoms with Crippen molar-refractivity contribution in [2.75, 3.05) is 20.8 Å². The van der Waals surface area contributed by atoms with Gasteiger partial charge >= 0.3 is 0 Å². The molecule has 4 nitrogen and oxygen atoms in total. The summed E-state index contributed by atoms with van der Waals surface area (Å²) in [4.78, 5) is 0. The third kappa shape index (κ3) is 3.31. The number of hydrogen-bond donors (Lipinski definition) is 1. The van der Waals surface area contributed by atoms with Gasteiger partial charge in [-0.15, -0.1) is 0 Å². The molecule has 90 valence electrons. The first-order valence-corrected chi connectivity index (χ1v) is 5.33. The normalized spacial score (nSPS) is 12.0. The van der Waals surface area contributed by atoms with Gasteiger partial charge in [0.1, 0.15) is 23.4 Å². The Morgan fingerprint density at radius 2 is 1.56 bits per heavy atom. The van der Waals surface area contributed by atoms with Crippen molar-refractivity contribution in [2.24, 2.45) is 5.73 Å². The summed E-state index contributed by atoms with van der Waals surface area (Å²) in [5.74, 6) is 2.14. The quantitative estimate of drug-likeness (QED) is 0.802. The molecule has 16 heavy (non-hydrogen) atoms. The van der Waals surface area contributed by atoms with E-state index in [0.717, 1.165) is 6.42 Å². The van der Waals surface area contributed by atoms with E-state index in [1.807, 2.05) is 19.1 Å². The van der Waals surface area contributed by atoms with Gasteiger partial charge < -0.3 is 19.9 Å². The van der Waals surface area contributed by atoms with Crippen LogP contribution in [0.25, 0.3) is 0 Å². The average molecular weight is 225 g/mol. The second-order valence-electron chi connectivity index (χ2n) is 3.43. The Kier molecular flexibility index (Phi) is 4.92. The Morgan fingerprint density at radius 3 is 1.94 bits per heavy atom. The van der Waals surface area contributed by atoms with E-state index < -0.39 is 0 Å². The van der Waals surface area contributed by atoms with Crippen molar-refractivity contribution in [3.05, 3.63) is 18.2 Å². The topological polar surface area (TPSA) is 53.7 Å². The fraction of sp³-hybridized carbons (Fsp3) is 0.500. The lowest BCUT2D eigenvalue weighted by Gasteiger charge is -2.16. The van der Waals surface area contributed by atoms with Crippen LogP contribution in [0.4, 0.5) is 0 Å². The standard InChI is InChI=1S/C12H19NO3/c1-4-9(8-13)16-12-6-10(14-2)5-11(7-12)15-3/h5-7,9H,4,8,13H2,1-3H3. The Bertz CT molecular complexity index is 302. The Morgan fingerprint density at radius 1 is 1.06 bits per heavy atom. The molecular formula is C12H19NO3. The van der Waals surface area contributed by atoms with Gasteiger partial charge in [0.15, 0.2) is 0 Å². The number of nitrogens with two attached hydrogens (primary N) is 1. The minimum atomic E-state index is 0.0248. The Labute approximate surface area is 96.3 Å².